The molecule has 0 saturated carbocycles. The van der Waals surface area contributed by atoms with Gasteiger partial charge in [0.2, 0.25) is 5.88 Å². The summed E-state index contributed by atoms with van der Waals surface area (Å²) in [7, 11) is 0. The fraction of sp³-hybridized carbons (Fsp3) is 0.500. The van der Waals surface area contributed by atoms with Crippen molar-refractivity contribution in [2.24, 2.45) is 0 Å². The van der Waals surface area contributed by atoms with Gasteiger partial charge in [-0.3, -0.25) is 0 Å². The second-order valence-corrected chi connectivity index (χ2v) is 5.96. The molecule has 1 aromatic heterocycles. The van der Waals surface area contributed by atoms with Gasteiger partial charge in [0.15, 0.2) is 0 Å². The average molecular weight is 300 g/mol. The summed E-state index contributed by atoms with van der Waals surface area (Å²) in [6.07, 6.45) is 6.29. The number of para-hydroxylation sites is 1. The SMILES string of the molecule is Oc1cccc2ccc(OCCCCN3CCCCC3)nc12. The van der Waals surface area contributed by atoms with Gasteiger partial charge >= 0.3 is 0 Å². The predicted molar refractivity (Wildman–Crippen MR) is 88.4 cm³/mol. The normalized spacial score (nSPS) is 16.0. The second kappa shape index (κ2) is 7.45. The molecule has 1 aliphatic rings. The highest BCUT2D eigenvalue weighted by molar-refractivity contribution is 5.84. The highest BCUT2D eigenvalue weighted by Crippen LogP contribution is 2.24. The molecular formula is C18H24N2O2. The summed E-state index contributed by atoms with van der Waals surface area (Å²) in [5.74, 6) is 0.792. The third-order valence-corrected chi connectivity index (χ3v) is 4.24. The maximum absolute atomic E-state index is 9.83. The van der Waals surface area contributed by atoms with E-state index in [2.05, 4.69) is 9.88 Å². The number of piperidine rings is 1. The van der Waals surface area contributed by atoms with Crippen LogP contribution in [0.1, 0.15) is 32.1 Å². The topological polar surface area (TPSA) is 45.6 Å². The fourth-order valence-corrected chi connectivity index (χ4v) is 2.99. The van der Waals surface area contributed by atoms with Crippen molar-refractivity contribution in [2.45, 2.75) is 32.1 Å². The summed E-state index contributed by atoms with van der Waals surface area (Å²) in [5, 5.41) is 10.8. The number of hydrogen-bond donors (Lipinski definition) is 1. The van der Waals surface area contributed by atoms with Crippen LogP contribution in [-0.4, -0.2) is 41.2 Å². The molecule has 2 heterocycles. The van der Waals surface area contributed by atoms with Crippen LogP contribution >= 0.6 is 0 Å². The Hall–Kier alpha value is -1.81. The van der Waals surface area contributed by atoms with E-state index in [4.69, 9.17) is 4.74 Å². The van der Waals surface area contributed by atoms with Crippen LogP contribution in [0.5, 0.6) is 11.6 Å². The minimum absolute atomic E-state index is 0.202. The molecule has 0 radical (unpaired) electrons. The number of rotatable bonds is 6. The number of fused-ring (bicyclic) bond motifs is 1. The summed E-state index contributed by atoms with van der Waals surface area (Å²) < 4.78 is 5.72. The second-order valence-electron chi connectivity index (χ2n) is 5.96. The number of unbranched alkanes of at least 4 members (excludes halogenated alkanes) is 1. The predicted octanol–water partition coefficient (Wildman–Crippen LogP) is 3.59. The summed E-state index contributed by atoms with van der Waals surface area (Å²) in [4.78, 5) is 6.93. The van der Waals surface area contributed by atoms with E-state index in [0.29, 0.717) is 18.0 Å². The van der Waals surface area contributed by atoms with Crippen LogP contribution in [0.3, 0.4) is 0 Å². The van der Waals surface area contributed by atoms with Gasteiger partial charge in [0.05, 0.1) is 6.61 Å². The van der Waals surface area contributed by atoms with Crippen molar-refractivity contribution in [1.29, 1.82) is 0 Å². The molecule has 1 aliphatic heterocycles. The number of phenolic OH excluding ortho intramolecular Hbond substituents is 1. The maximum Gasteiger partial charge on any atom is 0.213 e. The number of phenols is 1. The highest BCUT2D eigenvalue weighted by Gasteiger charge is 2.09. The van der Waals surface area contributed by atoms with Crippen LogP contribution in [0.2, 0.25) is 0 Å². The largest absolute Gasteiger partial charge is 0.506 e. The fourth-order valence-electron chi connectivity index (χ4n) is 2.99. The molecule has 3 rings (SSSR count). The van der Waals surface area contributed by atoms with Crippen LogP contribution in [0.4, 0.5) is 0 Å². The number of nitrogens with zero attached hydrogens (tertiary/aromatic N) is 2. The maximum atomic E-state index is 9.83. The molecule has 0 spiro atoms. The molecule has 0 aliphatic carbocycles. The van der Waals surface area contributed by atoms with Crippen molar-refractivity contribution >= 4 is 10.9 Å². The molecular weight excluding hydrogens is 276 g/mol. The van der Waals surface area contributed by atoms with E-state index in [1.807, 2.05) is 24.3 Å². The first kappa shape index (κ1) is 15.1. The molecule has 0 unspecified atom stereocenters. The van der Waals surface area contributed by atoms with Crippen LogP contribution in [0, 0.1) is 0 Å². The van der Waals surface area contributed by atoms with E-state index in [-0.39, 0.29) is 5.75 Å². The van der Waals surface area contributed by atoms with E-state index < -0.39 is 0 Å². The Kier molecular flexibility index (Phi) is 5.11. The molecule has 1 saturated heterocycles. The van der Waals surface area contributed by atoms with Crippen LogP contribution in [-0.2, 0) is 0 Å². The Morgan fingerprint density at radius 3 is 2.77 bits per heavy atom. The summed E-state index contributed by atoms with van der Waals surface area (Å²) in [6.45, 7) is 4.37. The molecule has 4 heteroatoms. The minimum atomic E-state index is 0.202. The van der Waals surface area contributed by atoms with Gasteiger partial charge in [0.1, 0.15) is 11.3 Å². The van der Waals surface area contributed by atoms with Gasteiger partial charge in [-0.05, 0) is 57.5 Å². The molecule has 4 nitrogen and oxygen atoms in total. The number of hydrogen-bond acceptors (Lipinski definition) is 4. The molecule has 118 valence electrons. The third kappa shape index (κ3) is 3.89. The van der Waals surface area contributed by atoms with Crippen LogP contribution in [0.15, 0.2) is 30.3 Å². The van der Waals surface area contributed by atoms with Crippen molar-refractivity contribution in [3.8, 4) is 11.6 Å². The zero-order valence-electron chi connectivity index (χ0n) is 13.0. The number of likely N-dealkylation sites (tertiary alicyclic amines) is 1. The van der Waals surface area contributed by atoms with Gasteiger partial charge < -0.3 is 14.7 Å². The molecule has 22 heavy (non-hydrogen) atoms. The number of aromatic hydroxyl groups is 1. The molecule has 0 amide bonds. The Morgan fingerprint density at radius 2 is 1.91 bits per heavy atom. The first-order chi connectivity index (χ1) is 10.8. The van der Waals surface area contributed by atoms with E-state index in [0.717, 1.165) is 11.8 Å². The van der Waals surface area contributed by atoms with Gasteiger partial charge in [0.25, 0.3) is 0 Å². The number of aromatic nitrogens is 1. The summed E-state index contributed by atoms with van der Waals surface area (Å²) >= 11 is 0. The minimum Gasteiger partial charge on any atom is -0.506 e. The number of benzene rings is 1. The van der Waals surface area contributed by atoms with Crippen molar-refractivity contribution in [3.05, 3.63) is 30.3 Å². The van der Waals surface area contributed by atoms with E-state index in [1.54, 1.807) is 6.07 Å². The van der Waals surface area contributed by atoms with Gasteiger partial charge in [-0.1, -0.05) is 18.6 Å². The van der Waals surface area contributed by atoms with Gasteiger partial charge in [-0.25, -0.2) is 4.98 Å². The molecule has 1 aromatic carbocycles. The number of ether oxygens (including phenoxy) is 1. The van der Waals surface area contributed by atoms with Gasteiger partial charge in [-0.2, -0.15) is 0 Å². The van der Waals surface area contributed by atoms with Crippen molar-refractivity contribution in [3.63, 3.8) is 0 Å². The third-order valence-electron chi connectivity index (χ3n) is 4.24. The zero-order chi connectivity index (χ0) is 15.2. The smallest absolute Gasteiger partial charge is 0.213 e. The lowest BCUT2D eigenvalue weighted by Crippen LogP contribution is -2.30. The summed E-state index contributed by atoms with van der Waals surface area (Å²) in [5.41, 5.74) is 0.605. The standard InChI is InChI=1S/C18H24N2O2/c21-16-8-6-7-15-9-10-17(19-18(15)16)22-14-5-4-13-20-11-2-1-3-12-20/h6-10,21H,1-5,11-14H2. The first-order valence-corrected chi connectivity index (χ1v) is 8.27. The average Bonchev–Trinajstić information content (AvgIpc) is 2.56. The molecule has 0 bridgehead atoms. The van der Waals surface area contributed by atoms with Crippen molar-refractivity contribution in [2.75, 3.05) is 26.2 Å². The van der Waals surface area contributed by atoms with E-state index >= 15 is 0 Å². The van der Waals surface area contributed by atoms with Crippen molar-refractivity contribution < 1.29 is 9.84 Å². The Balaban J connectivity index is 1.44. The Bertz CT molecular complexity index is 609. The molecule has 0 atom stereocenters. The highest BCUT2D eigenvalue weighted by atomic mass is 16.5. The summed E-state index contributed by atoms with van der Waals surface area (Å²) in [6, 6.07) is 9.21. The van der Waals surface area contributed by atoms with Gasteiger partial charge in [-0.15, -0.1) is 0 Å². The number of pyridine rings is 1. The molecule has 1 fully saturated rings. The zero-order valence-corrected chi connectivity index (χ0v) is 13.0. The Morgan fingerprint density at radius 1 is 1.05 bits per heavy atom. The van der Waals surface area contributed by atoms with Crippen molar-refractivity contribution in [1.82, 2.24) is 9.88 Å². The Labute approximate surface area is 131 Å². The van der Waals surface area contributed by atoms with Crippen LogP contribution < -0.4 is 4.74 Å². The quantitative estimate of drug-likeness (QED) is 0.828. The lowest BCUT2D eigenvalue weighted by atomic mass is 10.1. The molecule has 1 N–H and O–H groups in total. The van der Waals surface area contributed by atoms with E-state index in [1.165, 1.54) is 45.3 Å². The first-order valence-electron chi connectivity index (χ1n) is 8.27. The molecule has 2 aromatic rings. The van der Waals surface area contributed by atoms with Crippen LogP contribution in [0.25, 0.3) is 10.9 Å². The lowest BCUT2D eigenvalue weighted by molar-refractivity contribution is 0.215. The van der Waals surface area contributed by atoms with E-state index in [9.17, 15) is 5.11 Å². The van der Waals surface area contributed by atoms with Gasteiger partial charge in [0, 0.05) is 11.5 Å². The monoisotopic (exact) mass is 300 g/mol. The lowest BCUT2D eigenvalue weighted by Gasteiger charge is -2.26.